The summed E-state index contributed by atoms with van der Waals surface area (Å²) in [6.45, 7) is 1.87. The lowest BCUT2D eigenvalue weighted by molar-refractivity contribution is 0.581. The van der Waals surface area contributed by atoms with Crippen molar-refractivity contribution in [3.05, 3.63) is 41.7 Å². The number of nitrogens with one attached hydrogen (secondary N) is 1. The van der Waals surface area contributed by atoms with E-state index in [9.17, 15) is 8.78 Å². The second-order valence-electron chi connectivity index (χ2n) is 5.33. The van der Waals surface area contributed by atoms with Gasteiger partial charge in [0.15, 0.2) is 0 Å². The molecule has 3 nitrogen and oxygen atoms in total. The van der Waals surface area contributed by atoms with Gasteiger partial charge in [0.2, 0.25) is 5.95 Å². The number of aryl methyl sites for hydroxylation is 1. The largest absolute Gasteiger partial charge is 0.353 e. The maximum atomic E-state index is 13.4. The molecule has 0 radical (unpaired) electrons. The Bertz CT molecular complexity index is 595. The monoisotopic (exact) mass is 277 g/mol. The van der Waals surface area contributed by atoms with Gasteiger partial charge in [-0.05, 0) is 31.9 Å². The molecule has 1 aliphatic rings. The summed E-state index contributed by atoms with van der Waals surface area (Å²) >= 11 is 0. The van der Waals surface area contributed by atoms with Gasteiger partial charge in [0.05, 0.1) is 11.4 Å². The van der Waals surface area contributed by atoms with Gasteiger partial charge in [-0.15, -0.1) is 0 Å². The third kappa shape index (κ3) is 2.66. The Balaban J connectivity index is 1.95. The molecule has 5 heteroatoms. The predicted molar refractivity (Wildman–Crippen MR) is 74.1 cm³/mol. The van der Waals surface area contributed by atoms with Gasteiger partial charge in [-0.2, -0.15) is 0 Å². The minimum absolute atomic E-state index is 0.397. The zero-order valence-electron chi connectivity index (χ0n) is 11.4. The number of hydrogen-bond acceptors (Lipinski definition) is 2. The Morgan fingerprint density at radius 2 is 1.80 bits per heavy atom. The molecule has 0 atom stereocenters. The van der Waals surface area contributed by atoms with Crippen LogP contribution in [0, 0.1) is 18.6 Å². The molecule has 0 aliphatic heterocycles. The predicted octanol–water partition coefficient (Wildman–Crippen LogP) is 3.81. The maximum Gasteiger partial charge on any atom is 0.207 e. The summed E-state index contributed by atoms with van der Waals surface area (Å²) < 4.78 is 28.4. The number of halogens is 2. The van der Waals surface area contributed by atoms with Gasteiger partial charge >= 0.3 is 0 Å². The van der Waals surface area contributed by atoms with Gasteiger partial charge < -0.3 is 5.32 Å². The first-order valence-corrected chi connectivity index (χ1v) is 6.91. The molecule has 2 aromatic rings. The standard InChI is InChI=1S/C15H17F2N3/c1-10-9-20(14-7-11(16)6-12(17)8-14)15(18-10)19-13-4-2-3-5-13/h6-9,13H,2-5H2,1H3,(H,18,19). The molecule has 106 valence electrons. The topological polar surface area (TPSA) is 29.9 Å². The van der Waals surface area contributed by atoms with Crippen molar-refractivity contribution in [2.75, 3.05) is 5.32 Å². The molecule has 0 saturated heterocycles. The Morgan fingerprint density at radius 3 is 2.45 bits per heavy atom. The van der Waals surface area contributed by atoms with Crippen molar-refractivity contribution in [3.8, 4) is 5.69 Å². The van der Waals surface area contributed by atoms with Crippen LogP contribution in [0.3, 0.4) is 0 Å². The van der Waals surface area contributed by atoms with E-state index in [1.54, 1.807) is 10.8 Å². The highest BCUT2D eigenvalue weighted by molar-refractivity contribution is 5.44. The average molecular weight is 277 g/mol. The van der Waals surface area contributed by atoms with Crippen molar-refractivity contribution in [2.24, 2.45) is 0 Å². The van der Waals surface area contributed by atoms with Gasteiger partial charge in [0, 0.05) is 18.3 Å². The molecular weight excluding hydrogens is 260 g/mol. The van der Waals surface area contributed by atoms with Crippen LogP contribution in [0.15, 0.2) is 24.4 Å². The van der Waals surface area contributed by atoms with Crippen LogP contribution in [0.1, 0.15) is 31.4 Å². The lowest BCUT2D eigenvalue weighted by atomic mass is 10.2. The number of benzene rings is 1. The molecule has 0 amide bonds. The quantitative estimate of drug-likeness (QED) is 0.924. The van der Waals surface area contributed by atoms with E-state index >= 15 is 0 Å². The van der Waals surface area contributed by atoms with Crippen molar-refractivity contribution in [1.82, 2.24) is 9.55 Å². The fourth-order valence-corrected chi connectivity index (χ4v) is 2.73. The number of anilines is 1. The normalized spacial score (nSPS) is 15.8. The van der Waals surface area contributed by atoms with E-state index < -0.39 is 11.6 Å². The maximum absolute atomic E-state index is 13.4. The molecule has 1 N–H and O–H groups in total. The molecule has 1 aromatic carbocycles. The molecule has 1 aromatic heterocycles. The lowest BCUT2D eigenvalue weighted by Crippen LogP contribution is -2.17. The summed E-state index contributed by atoms with van der Waals surface area (Å²) in [6, 6.07) is 3.89. The molecule has 1 heterocycles. The van der Waals surface area contributed by atoms with Gasteiger partial charge in [0.25, 0.3) is 0 Å². The van der Waals surface area contributed by atoms with Crippen LogP contribution in [0.2, 0.25) is 0 Å². The Labute approximate surface area is 116 Å². The van der Waals surface area contributed by atoms with Crippen molar-refractivity contribution < 1.29 is 8.78 Å². The van der Waals surface area contributed by atoms with Gasteiger partial charge in [0.1, 0.15) is 11.6 Å². The average Bonchev–Trinajstić information content (AvgIpc) is 2.98. The van der Waals surface area contributed by atoms with E-state index in [1.165, 1.54) is 25.0 Å². The van der Waals surface area contributed by atoms with E-state index in [1.807, 2.05) is 6.92 Å². The van der Waals surface area contributed by atoms with Crippen LogP contribution in [-0.4, -0.2) is 15.6 Å². The van der Waals surface area contributed by atoms with Crippen LogP contribution < -0.4 is 5.32 Å². The Morgan fingerprint density at radius 1 is 1.15 bits per heavy atom. The van der Waals surface area contributed by atoms with Crippen molar-refractivity contribution in [2.45, 2.75) is 38.6 Å². The first-order chi connectivity index (χ1) is 9.61. The molecule has 0 unspecified atom stereocenters. The second-order valence-corrected chi connectivity index (χ2v) is 5.33. The second kappa shape index (κ2) is 5.23. The zero-order chi connectivity index (χ0) is 14.1. The van der Waals surface area contributed by atoms with Crippen LogP contribution >= 0.6 is 0 Å². The SMILES string of the molecule is Cc1cn(-c2cc(F)cc(F)c2)c(NC2CCCC2)n1. The van der Waals surface area contributed by atoms with Crippen molar-refractivity contribution >= 4 is 5.95 Å². The molecule has 0 spiro atoms. The Hall–Kier alpha value is -1.91. The zero-order valence-corrected chi connectivity index (χ0v) is 11.4. The third-order valence-corrected chi connectivity index (χ3v) is 3.64. The summed E-state index contributed by atoms with van der Waals surface area (Å²) in [7, 11) is 0. The van der Waals surface area contributed by atoms with E-state index in [4.69, 9.17) is 0 Å². The first-order valence-electron chi connectivity index (χ1n) is 6.91. The van der Waals surface area contributed by atoms with E-state index in [0.717, 1.165) is 24.6 Å². The minimum Gasteiger partial charge on any atom is -0.353 e. The fourth-order valence-electron chi connectivity index (χ4n) is 2.73. The number of nitrogens with zero attached hydrogens (tertiary/aromatic N) is 2. The highest BCUT2D eigenvalue weighted by Gasteiger charge is 2.18. The number of aromatic nitrogens is 2. The molecule has 1 fully saturated rings. The smallest absolute Gasteiger partial charge is 0.207 e. The number of imidazole rings is 1. The molecule has 1 aliphatic carbocycles. The van der Waals surface area contributed by atoms with E-state index in [0.29, 0.717) is 17.7 Å². The van der Waals surface area contributed by atoms with Crippen molar-refractivity contribution in [3.63, 3.8) is 0 Å². The molecular formula is C15H17F2N3. The summed E-state index contributed by atoms with van der Waals surface area (Å²) in [5, 5.41) is 3.37. The number of rotatable bonds is 3. The molecule has 3 rings (SSSR count). The summed E-state index contributed by atoms with van der Waals surface area (Å²) in [4.78, 5) is 4.42. The van der Waals surface area contributed by atoms with Crippen LogP contribution in [0.5, 0.6) is 0 Å². The van der Waals surface area contributed by atoms with E-state index in [-0.39, 0.29) is 0 Å². The van der Waals surface area contributed by atoms with E-state index in [2.05, 4.69) is 10.3 Å². The van der Waals surface area contributed by atoms with Gasteiger partial charge in [-0.25, -0.2) is 13.8 Å². The number of hydrogen-bond donors (Lipinski definition) is 1. The molecule has 1 saturated carbocycles. The van der Waals surface area contributed by atoms with Crippen LogP contribution in [-0.2, 0) is 0 Å². The summed E-state index contributed by atoms with van der Waals surface area (Å²) in [6.07, 6.45) is 6.44. The molecule has 0 bridgehead atoms. The summed E-state index contributed by atoms with van der Waals surface area (Å²) in [5.74, 6) is -0.518. The van der Waals surface area contributed by atoms with Crippen molar-refractivity contribution in [1.29, 1.82) is 0 Å². The molecule has 20 heavy (non-hydrogen) atoms. The Kier molecular flexibility index (Phi) is 3.42. The summed E-state index contributed by atoms with van der Waals surface area (Å²) in [5.41, 5.74) is 1.26. The lowest BCUT2D eigenvalue weighted by Gasteiger charge is -2.14. The highest BCUT2D eigenvalue weighted by Crippen LogP contribution is 2.24. The van der Waals surface area contributed by atoms with Crippen LogP contribution in [0.25, 0.3) is 5.69 Å². The third-order valence-electron chi connectivity index (χ3n) is 3.64. The van der Waals surface area contributed by atoms with Gasteiger partial charge in [-0.1, -0.05) is 12.8 Å². The highest BCUT2D eigenvalue weighted by atomic mass is 19.1. The minimum atomic E-state index is -0.585. The first kappa shape index (κ1) is 13.1. The van der Waals surface area contributed by atoms with Crippen LogP contribution in [0.4, 0.5) is 14.7 Å². The fraction of sp³-hybridized carbons (Fsp3) is 0.400. The van der Waals surface area contributed by atoms with Gasteiger partial charge in [-0.3, -0.25) is 4.57 Å².